The molecule has 3 fully saturated rings. The maximum atomic E-state index is 13.3. The third kappa shape index (κ3) is 3.03. The van der Waals surface area contributed by atoms with Crippen molar-refractivity contribution in [3.63, 3.8) is 0 Å². The van der Waals surface area contributed by atoms with Crippen molar-refractivity contribution >= 4 is 6.03 Å². The van der Waals surface area contributed by atoms with Crippen LogP contribution in [0.15, 0.2) is 30.3 Å². The second kappa shape index (κ2) is 7.11. The van der Waals surface area contributed by atoms with E-state index in [2.05, 4.69) is 39.4 Å². The van der Waals surface area contributed by atoms with Crippen LogP contribution in [0.5, 0.6) is 0 Å². The summed E-state index contributed by atoms with van der Waals surface area (Å²) in [5.41, 5.74) is 1.26. The summed E-state index contributed by atoms with van der Waals surface area (Å²) in [5, 5.41) is 3.41. The molecular formula is C19H27N3O2. The largest absolute Gasteiger partial charge is 0.381 e. The number of nitrogens with zero attached hydrogens (tertiary/aromatic N) is 2. The average Bonchev–Trinajstić information content (AvgIpc) is 3.01. The predicted octanol–water partition coefficient (Wildman–Crippen LogP) is 2.40. The highest BCUT2D eigenvalue weighted by atomic mass is 16.5. The fourth-order valence-electron chi connectivity index (χ4n) is 4.37. The highest BCUT2D eigenvalue weighted by molar-refractivity contribution is 5.78. The number of carbonyl (C=O) groups is 1. The van der Waals surface area contributed by atoms with Crippen molar-refractivity contribution in [2.24, 2.45) is 0 Å². The molecule has 0 spiro atoms. The zero-order valence-electron chi connectivity index (χ0n) is 14.2. The van der Waals surface area contributed by atoms with Crippen molar-refractivity contribution in [3.05, 3.63) is 35.9 Å². The van der Waals surface area contributed by atoms with Crippen LogP contribution in [0, 0.1) is 0 Å². The molecule has 5 heteroatoms. The third-order valence-corrected chi connectivity index (χ3v) is 5.69. The molecule has 0 saturated carbocycles. The summed E-state index contributed by atoms with van der Waals surface area (Å²) < 4.78 is 5.49. The number of ether oxygens (including phenoxy) is 1. The first-order valence-corrected chi connectivity index (χ1v) is 9.27. The van der Waals surface area contributed by atoms with Gasteiger partial charge in [-0.15, -0.1) is 0 Å². The summed E-state index contributed by atoms with van der Waals surface area (Å²) in [5.74, 6) is 0. The van der Waals surface area contributed by atoms with Gasteiger partial charge in [-0.25, -0.2) is 4.79 Å². The Bertz CT molecular complexity index is 553. The minimum absolute atomic E-state index is 0.185. The minimum Gasteiger partial charge on any atom is -0.381 e. The Morgan fingerprint density at radius 2 is 1.67 bits per heavy atom. The molecule has 3 aliphatic heterocycles. The van der Waals surface area contributed by atoms with Crippen LogP contribution < -0.4 is 5.32 Å². The van der Waals surface area contributed by atoms with Crippen molar-refractivity contribution < 1.29 is 9.53 Å². The van der Waals surface area contributed by atoms with Crippen molar-refractivity contribution in [1.29, 1.82) is 0 Å². The number of rotatable bonds is 3. The second-order valence-corrected chi connectivity index (χ2v) is 7.09. The molecule has 3 heterocycles. The Morgan fingerprint density at radius 1 is 0.958 bits per heavy atom. The first kappa shape index (κ1) is 15.9. The van der Waals surface area contributed by atoms with Crippen LogP contribution in [0.1, 0.15) is 37.3 Å². The van der Waals surface area contributed by atoms with Crippen molar-refractivity contribution in [1.82, 2.24) is 15.1 Å². The summed E-state index contributed by atoms with van der Waals surface area (Å²) in [6, 6.07) is 11.7. The van der Waals surface area contributed by atoms with Crippen molar-refractivity contribution in [3.8, 4) is 0 Å². The molecule has 2 amide bonds. The van der Waals surface area contributed by atoms with Crippen LogP contribution in [0.25, 0.3) is 0 Å². The van der Waals surface area contributed by atoms with E-state index in [1.54, 1.807) is 0 Å². The molecule has 4 rings (SSSR count). The number of hydrogen-bond acceptors (Lipinski definition) is 3. The number of hydrogen-bond donors (Lipinski definition) is 1. The van der Waals surface area contributed by atoms with Crippen LogP contribution in [0.4, 0.5) is 4.79 Å². The zero-order chi connectivity index (χ0) is 16.4. The molecular weight excluding hydrogens is 302 g/mol. The fraction of sp³-hybridized carbons (Fsp3) is 0.632. The molecule has 1 N–H and O–H groups in total. The molecule has 0 bridgehead atoms. The average molecular weight is 329 g/mol. The standard InChI is InChI=1S/C19H27N3O2/c23-19-21(16-8-12-24-13-9-16)14-18(15-4-2-1-3-5-15)22(19)17-6-10-20-11-7-17/h1-5,16-18,20H,6-14H2/t18-/m0/s1. The number of benzene rings is 1. The number of amides is 2. The summed E-state index contributed by atoms with van der Waals surface area (Å²) in [6.45, 7) is 4.38. The van der Waals surface area contributed by atoms with Crippen molar-refractivity contribution in [2.75, 3.05) is 32.8 Å². The normalized spacial score (nSPS) is 27.0. The highest BCUT2D eigenvalue weighted by Gasteiger charge is 2.44. The minimum atomic E-state index is 0.185. The molecule has 5 nitrogen and oxygen atoms in total. The quantitative estimate of drug-likeness (QED) is 0.926. The monoisotopic (exact) mass is 329 g/mol. The molecule has 3 aliphatic rings. The lowest BCUT2D eigenvalue weighted by molar-refractivity contribution is 0.0498. The molecule has 1 atom stereocenters. The maximum Gasteiger partial charge on any atom is 0.321 e. The molecule has 130 valence electrons. The Morgan fingerprint density at radius 3 is 2.38 bits per heavy atom. The number of piperidine rings is 1. The Labute approximate surface area is 144 Å². The van der Waals surface area contributed by atoms with Gasteiger partial charge in [0.05, 0.1) is 6.04 Å². The summed E-state index contributed by atoms with van der Waals surface area (Å²) in [4.78, 5) is 17.6. The molecule has 0 aliphatic carbocycles. The predicted molar refractivity (Wildman–Crippen MR) is 92.9 cm³/mol. The van der Waals surface area contributed by atoms with Gasteiger partial charge in [0, 0.05) is 31.8 Å². The van der Waals surface area contributed by atoms with Gasteiger partial charge in [0.1, 0.15) is 0 Å². The lowest BCUT2D eigenvalue weighted by Gasteiger charge is -2.36. The van der Waals surface area contributed by atoms with E-state index < -0.39 is 0 Å². The SMILES string of the molecule is O=C1N(C2CCOCC2)C[C@@H](c2ccccc2)N1C1CCNCC1. The first-order valence-electron chi connectivity index (χ1n) is 9.27. The van der Waals surface area contributed by atoms with Gasteiger partial charge in [-0.3, -0.25) is 0 Å². The van der Waals surface area contributed by atoms with Gasteiger partial charge in [-0.2, -0.15) is 0 Å². The van der Waals surface area contributed by atoms with E-state index in [0.717, 1.165) is 58.5 Å². The number of carbonyl (C=O) groups excluding carboxylic acids is 1. The Hall–Kier alpha value is -1.59. The van der Waals surface area contributed by atoms with Gasteiger partial charge in [-0.05, 0) is 44.3 Å². The topological polar surface area (TPSA) is 44.8 Å². The van der Waals surface area contributed by atoms with Gasteiger partial charge < -0.3 is 19.9 Å². The number of urea groups is 1. The maximum absolute atomic E-state index is 13.3. The van der Waals surface area contributed by atoms with Gasteiger partial charge in [-0.1, -0.05) is 30.3 Å². The van der Waals surface area contributed by atoms with E-state index in [1.807, 2.05) is 6.07 Å². The van der Waals surface area contributed by atoms with Crippen LogP contribution >= 0.6 is 0 Å². The molecule has 3 saturated heterocycles. The Balaban J connectivity index is 1.60. The molecule has 1 aromatic carbocycles. The smallest absolute Gasteiger partial charge is 0.321 e. The van der Waals surface area contributed by atoms with E-state index in [-0.39, 0.29) is 12.1 Å². The van der Waals surface area contributed by atoms with Gasteiger partial charge in [0.15, 0.2) is 0 Å². The van der Waals surface area contributed by atoms with Crippen LogP contribution in [-0.2, 0) is 4.74 Å². The van der Waals surface area contributed by atoms with Crippen LogP contribution in [0.2, 0.25) is 0 Å². The molecule has 24 heavy (non-hydrogen) atoms. The van der Waals surface area contributed by atoms with Gasteiger partial charge in [0.2, 0.25) is 0 Å². The Kier molecular flexibility index (Phi) is 4.72. The van der Waals surface area contributed by atoms with Crippen LogP contribution in [0.3, 0.4) is 0 Å². The van der Waals surface area contributed by atoms with Crippen LogP contribution in [-0.4, -0.2) is 60.8 Å². The summed E-state index contributed by atoms with van der Waals surface area (Å²) >= 11 is 0. The third-order valence-electron chi connectivity index (χ3n) is 5.69. The lowest BCUT2D eigenvalue weighted by atomic mass is 10.00. The molecule has 0 aromatic heterocycles. The molecule has 0 radical (unpaired) electrons. The lowest BCUT2D eigenvalue weighted by Crippen LogP contribution is -2.48. The zero-order valence-corrected chi connectivity index (χ0v) is 14.2. The van der Waals surface area contributed by atoms with Gasteiger partial charge in [0.25, 0.3) is 0 Å². The first-order chi connectivity index (χ1) is 11.8. The van der Waals surface area contributed by atoms with Crippen molar-refractivity contribution in [2.45, 2.75) is 43.8 Å². The second-order valence-electron chi connectivity index (χ2n) is 7.09. The van der Waals surface area contributed by atoms with E-state index in [1.165, 1.54) is 5.56 Å². The van der Waals surface area contributed by atoms with Gasteiger partial charge >= 0.3 is 6.03 Å². The molecule has 0 unspecified atom stereocenters. The van der Waals surface area contributed by atoms with E-state index in [9.17, 15) is 4.79 Å². The summed E-state index contributed by atoms with van der Waals surface area (Å²) in [7, 11) is 0. The van der Waals surface area contributed by atoms with E-state index in [4.69, 9.17) is 4.74 Å². The molecule has 1 aromatic rings. The van der Waals surface area contributed by atoms with E-state index in [0.29, 0.717) is 12.1 Å². The summed E-state index contributed by atoms with van der Waals surface area (Å²) in [6.07, 6.45) is 4.04. The van der Waals surface area contributed by atoms with E-state index >= 15 is 0 Å². The fourth-order valence-corrected chi connectivity index (χ4v) is 4.37. The highest BCUT2D eigenvalue weighted by Crippen LogP contribution is 2.36. The number of nitrogens with one attached hydrogen (secondary N) is 1.